The van der Waals surface area contributed by atoms with Crippen molar-refractivity contribution in [2.45, 2.75) is 58.0 Å². The average Bonchev–Trinajstić information content (AvgIpc) is 2.94. The van der Waals surface area contributed by atoms with Crippen molar-refractivity contribution in [1.82, 2.24) is 4.90 Å². The Hall–Kier alpha value is -0.0800. The van der Waals surface area contributed by atoms with E-state index in [2.05, 4.69) is 18.7 Å². The molecule has 1 aliphatic carbocycles. The van der Waals surface area contributed by atoms with Crippen LogP contribution in [0.4, 0.5) is 0 Å². The lowest BCUT2D eigenvalue weighted by Gasteiger charge is -2.23. The molecule has 13 heavy (non-hydrogen) atoms. The molecule has 1 fully saturated rings. The van der Waals surface area contributed by atoms with E-state index in [0.29, 0.717) is 6.04 Å². The van der Waals surface area contributed by atoms with Gasteiger partial charge in [-0.1, -0.05) is 26.7 Å². The first-order valence-electron chi connectivity index (χ1n) is 5.77. The lowest BCUT2D eigenvalue weighted by atomic mass is 10.1. The van der Waals surface area contributed by atoms with E-state index in [4.69, 9.17) is 5.73 Å². The van der Waals surface area contributed by atoms with Gasteiger partial charge in [0.05, 0.1) is 0 Å². The molecule has 0 aromatic heterocycles. The van der Waals surface area contributed by atoms with Crippen LogP contribution < -0.4 is 5.73 Å². The molecule has 78 valence electrons. The van der Waals surface area contributed by atoms with E-state index < -0.39 is 0 Å². The predicted molar refractivity (Wildman–Crippen MR) is 57.8 cm³/mol. The molecule has 1 unspecified atom stereocenters. The van der Waals surface area contributed by atoms with Crippen LogP contribution in [-0.2, 0) is 0 Å². The van der Waals surface area contributed by atoms with Crippen LogP contribution >= 0.6 is 0 Å². The van der Waals surface area contributed by atoms with Crippen LogP contribution in [0.25, 0.3) is 0 Å². The molecule has 0 amide bonds. The van der Waals surface area contributed by atoms with E-state index in [0.717, 1.165) is 12.6 Å². The molecule has 2 N–H and O–H groups in total. The molecule has 1 atom stereocenters. The fourth-order valence-electron chi connectivity index (χ4n) is 1.83. The largest absolute Gasteiger partial charge is 0.327 e. The van der Waals surface area contributed by atoms with Crippen LogP contribution in [0, 0.1) is 0 Å². The summed E-state index contributed by atoms with van der Waals surface area (Å²) in [7, 11) is 0. The summed E-state index contributed by atoms with van der Waals surface area (Å²) in [6, 6.07) is 1.28. The van der Waals surface area contributed by atoms with Gasteiger partial charge in [-0.3, -0.25) is 4.90 Å². The Morgan fingerprint density at radius 3 is 2.54 bits per heavy atom. The highest BCUT2D eigenvalue weighted by molar-refractivity contribution is 4.85. The Morgan fingerprint density at radius 1 is 1.38 bits per heavy atom. The van der Waals surface area contributed by atoms with Crippen LogP contribution in [0.3, 0.4) is 0 Å². The van der Waals surface area contributed by atoms with Gasteiger partial charge in [0.25, 0.3) is 0 Å². The summed E-state index contributed by atoms with van der Waals surface area (Å²) in [6.07, 6.45) is 6.54. The predicted octanol–water partition coefficient (Wildman–Crippen LogP) is 1.99. The average molecular weight is 184 g/mol. The summed E-state index contributed by atoms with van der Waals surface area (Å²) in [5.41, 5.74) is 6.06. The van der Waals surface area contributed by atoms with Gasteiger partial charge in [-0.2, -0.15) is 0 Å². The maximum atomic E-state index is 6.06. The minimum Gasteiger partial charge on any atom is -0.327 e. The molecule has 0 aromatic carbocycles. The second-order valence-electron chi connectivity index (χ2n) is 4.22. The lowest BCUT2D eigenvalue weighted by molar-refractivity contribution is 0.254. The van der Waals surface area contributed by atoms with E-state index in [1.807, 2.05) is 0 Å². The van der Waals surface area contributed by atoms with Gasteiger partial charge in [0.15, 0.2) is 0 Å². The van der Waals surface area contributed by atoms with Gasteiger partial charge in [-0.05, 0) is 25.8 Å². The third-order valence-corrected chi connectivity index (χ3v) is 2.87. The van der Waals surface area contributed by atoms with Crippen molar-refractivity contribution >= 4 is 0 Å². The van der Waals surface area contributed by atoms with Gasteiger partial charge in [0, 0.05) is 18.6 Å². The molecule has 0 bridgehead atoms. The van der Waals surface area contributed by atoms with Crippen molar-refractivity contribution in [1.29, 1.82) is 0 Å². The van der Waals surface area contributed by atoms with Crippen LogP contribution in [0.2, 0.25) is 0 Å². The number of rotatable bonds is 7. The first kappa shape index (κ1) is 11.0. The number of hydrogen-bond acceptors (Lipinski definition) is 2. The number of nitrogens with zero attached hydrogens (tertiary/aromatic N) is 1. The van der Waals surface area contributed by atoms with Gasteiger partial charge in [-0.25, -0.2) is 0 Å². The maximum Gasteiger partial charge on any atom is 0.0167 e. The minimum atomic E-state index is 0.403. The van der Waals surface area contributed by atoms with Gasteiger partial charge < -0.3 is 5.73 Å². The molecule has 0 saturated heterocycles. The second kappa shape index (κ2) is 5.61. The van der Waals surface area contributed by atoms with E-state index in [1.54, 1.807) is 0 Å². The van der Waals surface area contributed by atoms with Crippen LogP contribution in [0.5, 0.6) is 0 Å². The zero-order chi connectivity index (χ0) is 9.68. The minimum absolute atomic E-state index is 0.403. The molecule has 2 nitrogen and oxygen atoms in total. The first-order chi connectivity index (χ1) is 6.27. The van der Waals surface area contributed by atoms with Gasteiger partial charge in [0.2, 0.25) is 0 Å². The van der Waals surface area contributed by atoms with Crippen LogP contribution in [0.15, 0.2) is 0 Å². The van der Waals surface area contributed by atoms with Crippen molar-refractivity contribution in [2.24, 2.45) is 5.73 Å². The molecule has 0 radical (unpaired) electrons. The molecule has 0 heterocycles. The molecule has 1 rings (SSSR count). The molecule has 2 heteroatoms. The van der Waals surface area contributed by atoms with Gasteiger partial charge in [-0.15, -0.1) is 0 Å². The Balaban J connectivity index is 2.12. The zero-order valence-electron chi connectivity index (χ0n) is 9.13. The monoisotopic (exact) mass is 184 g/mol. The highest BCUT2D eigenvalue weighted by atomic mass is 15.2. The van der Waals surface area contributed by atoms with E-state index >= 15 is 0 Å². The molecule has 1 aliphatic rings. The quantitative estimate of drug-likeness (QED) is 0.655. The third-order valence-electron chi connectivity index (χ3n) is 2.87. The second-order valence-corrected chi connectivity index (χ2v) is 4.22. The lowest BCUT2D eigenvalue weighted by Crippen LogP contribution is -2.38. The number of unbranched alkanes of at least 4 members (excludes halogenated alkanes) is 1. The van der Waals surface area contributed by atoms with Crippen molar-refractivity contribution < 1.29 is 0 Å². The van der Waals surface area contributed by atoms with E-state index in [1.165, 1.54) is 38.6 Å². The summed E-state index contributed by atoms with van der Waals surface area (Å²) in [5.74, 6) is 0. The van der Waals surface area contributed by atoms with Crippen molar-refractivity contribution in [3.05, 3.63) is 0 Å². The van der Waals surface area contributed by atoms with Crippen molar-refractivity contribution in [2.75, 3.05) is 13.1 Å². The summed E-state index contributed by atoms with van der Waals surface area (Å²) in [4.78, 5) is 2.54. The van der Waals surface area contributed by atoms with Crippen LogP contribution in [-0.4, -0.2) is 30.1 Å². The van der Waals surface area contributed by atoms with Gasteiger partial charge in [0.1, 0.15) is 0 Å². The van der Waals surface area contributed by atoms with E-state index in [-0.39, 0.29) is 0 Å². The highest BCUT2D eigenvalue weighted by Crippen LogP contribution is 2.26. The number of likely N-dealkylation sites (N-methyl/N-ethyl adjacent to an activating group) is 1. The summed E-state index contributed by atoms with van der Waals surface area (Å²) >= 11 is 0. The van der Waals surface area contributed by atoms with E-state index in [9.17, 15) is 0 Å². The fourth-order valence-corrected chi connectivity index (χ4v) is 1.83. The smallest absolute Gasteiger partial charge is 0.0167 e. The third kappa shape index (κ3) is 4.10. The van der Waals surface area contributed by atoms with Crippen LogP contribution in [0.1, 0.15) is 46.0 Å². The molecule has 0 aliphatic heterocycles. The molecule has 0 spiro atoms. The Morgan fingerprint density at radius 2 is 2.08 bits per heavy atom. The SMILES string of the molecule is CCCCC(N)CN(CC)C1CC1. The topological polar surface area (TPSA) is 29.3 Å². The summed E-state index contributed by atoms with van der Waals surface area (Å²) < 4.78 is 0. The number of hydrogen-bond donors (Lipinski definition) is 1. The Kier molecular flexibility index (Phi) is 4.74. The first-order valence-corrected chi connectivity index (χ1v) is 5.77. The molecular formula is C11H24N2. The fraction of sp³-hybridized carbons (Fsp3) is 1.00. The standard InChI is InChI=1S/C11H24N2/c1-3-5-6-10(12)9-13(4-2)11-7-8-11/h10-11H,3-9,12H2,1-2H3. The zero-order valence-corrected chi connectivity index (χ0v) is 9.13. The maximum absolute atomic E-state index is 6.06. The summed E-state index contributed by atoms with van der Waals surface area (Å²) in [6.45, 7) is 6.75. The molecule has 1 saturated carbocycles. The Bertz CT molecular complexity index is 132. The summed E-state index contributed by atoms with van der Waals surface area (Å²) in [5, 5.41) is 0. The van der Waals surface area contributed by atoms with Crippen molar-refractivity contribution in [3.8, 4) is 0 Å². The van der Waals surface area contributed by atoms with Gasteiger partial charge >= 0.3 is 0 Å². The molecular weight excluding hydrogens is 160 g/mol. The van der Waals surface area contributed by atoms with Crippen molar-refractivity contribution in [3.63, 3.8) is 0 Å². The Labute approximate surface area is 82.5 Å². The highest BCUT2D eigenvalue weighted by Gasteiger charge is 2.28. The number of nitrogens with two attached hydrogens (primary N) is 1. The molecule has 0 aromatic rings. The normalized spacial score (nSPS) is 19.4.